The minimum absolute atomic E-state index is 0.484. The number of unbranched alkanes of at least 4 members (excludes halogenated alkanes) is 8. The molecule has 2 N–H and O–H groups in total. The van der Waals surface area contributed by atoms with Gasteiger partial charge in [0.05, 0.1) is 26.4 Å². The van der Waals surface area contributed by atoms with Crippen LogP contribution < -0.4 is 18.9 Å². The number of aromatic nitrogens is 8. The number of H-pyrrole nitrogens is 2. The molecule has 3 aromatic heterocycles. The normalized spacial score (nSPS) is 11.5. The number of fused-ring (bicyclic) bond motifs is 20. The molecule has 2 aliphatic heterocycles. The standard InChI is InChI=1S/C56H58N8O4/c1-5-9-13-17-29-65-37-21-25-41-45(33-37)53-59-49(41)57-50-43-27-23-39(67-31-19-15-11-7-3)35-47(43)55(61-50)64-56-48-36-40(68-32-20-16-12-8-4)24-28-44(48)52(62-56)58-51-42-26-22-38(66-30-18-14-10-6-2)34-46(42)54(60-51)63-53/h5-8,21-28,33-36H,1-4,9-20,29-32H2,(H2,57,58,59,60,61,62,63,64). The molecule has 0 fully saturated rings. The summed E-state index contributed by atoms with van der Waals surface area (Å²) in [4.78, 5) is 38.5. The van der Waals surface area contributed by atoms with E-state index in [9.17, 15) is 0 Å². The summed E-state index contributed by atoms with van der Waals surface area (Å²) >= 11 is 0. The molecule has 7 aromatic rings. The van der Waals surface area contributed by atoms with Crippen LogP contribution in [0.25, 0.3) is 89.7 Å². The monoisotopic (exact) mass is 906 g/mol. The smallest absolute Gasteiger partial charge is 0.164 e. The molecule has 346 valence electrons. The Morgan fingerprint density at radius 2 is 0.647 bits per heavy atom. The van der Waals surface area contributed by atoms with Crippen LogP contribution in [0.4, 0.5) is 0 Å². The molecule has 2 aliphatic rings. The lowest BCUT2D eigenvalue weighted by Crippen LogP contribution is -1.97. The molecule has 68 heavy (non-hydrogen) atoms. The van der Waals surface area contributed by atoms with Crippen LogP contribution in [-0.4, -0.2) is 66.3 Å². The fraction of sp³-hybridized carbons (Fsp3) is 0.286. The molecule has 0 spiro atoms. The lowest BCUT2D eigenvalue weighted by Gasteiger charge is -2.07. The van der Waals surface area contributed by atoms with Gasteiger partial charge in [0.1, 0.15) is 45.6 Å². The SMILES string of the molecule is C=CCCCCOc1ccc2c(c1)-c1nc-2nc2[nH]c(nc3nc(nc4[nH]c(n1)c1cc(OCCCCC=C)ccc41)-c1ccc(OCCCCC=C)cc1-3)c1cc(OCCCCC=C)ccc21. The van der Waals surface area contributed by atoms with E-state index in [0.29, 0.717) is 72.3 Å². The average molecular weight is 907 g/mol. The number of nitrogens with zero attached hydrogens (tertiary/aromatic N) is 6. The van der Waals surface area contributed by atoms with Gasteiger partial charge >= 0.3 is 0 Å². The Hall–Kier alpha value is -7.60. The minimum atomic E-state index is 0.484. The van der Waals surface area contributed by atoms with Crippen molar-refractivity contribution in [3.63, 3.8) is 0 Å². The van der Waals surface area contributed by atoms with Crippen LogP contribution in [0.1, 0.15) is 77.0 Å². The van der Waals surface area contributed by atoms with Crippen LogP contribution in [-0.2, 0) is 0 Å². The molecule has 0 unspecified atom stereocenters. The van der Waals surface area contributed by atoms with E-state index in [1.54, 1.807) is 0 Å². The first-order chi connectivity index (χ1) is 33.5. The number of nitrogens with one attached hydrogen (secondary N) is 2. The fourth-order valence-corrected chi connectivity index (χ4v) is 8.39. The molecule has 0 atom stereocenters. The Labute approximate surface area is 397 Å². The largest absolute Gasteiger partial charge is 0.494 e. The van der Waals surface area contributed by atoms with Crippen molar-refractivity contribution in [2.24, 2.45) is 0 Å². The molecule has 9 rings (SSSR count). The number of ether oxygens (including phenoxy) is 4. The predicted molar refractivity (Wildman–Crippen MR) is 274 cm³/mol. The Bertz CT molecular complexity index is 2940. The van der Waals surface area contributed by atoms with Crippen molar-refractivity contribution in [3.05, 3.63) is 123 Å². The van der Waals surface area contributed by atoms with E-state index >= 15 is 0 Å². The van der Waals surface area contributed by atoms with Gasteiger partial charge in [-0.25, -0.2) is 29.9 Å². The summed E-state index contributed by atoms with van der Waals surface area (Å²) in [5.74, 6) is 4.89. The first-order valence-electron chi connectivity index (χ1n) is 23.9. The third-order valence-electron chi connectivity index (χ3n) is 12.0. The molecule has 0 radical (unpaired) electrons. The van der Waals surface area contributed by atoms with Crippen molar-refractivity contribution < 1.29 is 18.9 Å². The van der Waals surface area contributed by atoms with E-state index in [0.717, 1.165) is 144 Å². The summed E-state index contributed by atoms with van der Waals surface area (Å²) in [6.07, 6.45) is 19.2. The lowest BCUT2D eigenvalue weighted by molar-refractivity contribution is 0.307. The van der Waals surface area contributed by atoms with Gasteiger partial charge in [0.2, 0.25) is 0 Å². The summed E-state index contributed by atoms with van der Waals surface area (Å²) in [5, 5.41) is 3.35. The van der Waals surface area contributed by atoms with E-state index < -0.39 is 0 Å². The summed E-state index contributed by atoms with van der Waals surface area (Å²) in [6.45, 7) is 17.8. The highest BCUT2D eigenvalue weighted by molar-refractivity contribution is 6.07. The van der Waals surface area contributed by atoms with Crippen LogP contribution >= 0.6 is 0 Å². The quantitative estimate of drug-likeness (QED) is 0.0444. The summed E-state index contributed by atoms with van der Waals surface area (Å²) in [6, 6.07) is 24.0. The molecule has 0 aliphatic carbocycles. The number of hydrogen-bond donors (Lipinski definition) is 2. The van der Waals surface area contributed by atoms with Crippen molar-refractivity contribution in [2.45, 2.75) is 77.0 Å². The Balaban J connectivity index is 1.25. The van der Waals surface area contributed by atoms with Crippen LogP contribution in [0.15, 0.2) is 123 Å². The highest BCUT2D eigenvalue weighted by Crippen LogP contribution is 2.40. The van der Waals surface area contributed by atoms with E-state index in [1.165, 1.54) is 0 Å². The number of rotatable bonds is 24. The van der Waals surface area contributed by atoms with Crippen molar-refractivity contribution in [1.82, 2.24) is 39.9 Å². The molecule has 12 heteroatoms. The van der Waals surface area contributed by atoms with Gasteiger partial charge in [0, 0.05) is 43.8 Å². The maximum absolute atomic E-state index is 6.28. The van der Waals surface area contributed by atoms with Crippen molar-refractivity contribution in [3.8, 4) is 68.5 Å². The zero-order valence-corrected chi connectivity index (χ0v) is 38.7. The molecule has 12 nitrogen and oxygen atoms in total. The lowest BCUT2D eigenvalue weighted by atomic mass is 10.1. The average Bonchev–Trinajstić information content (AvgIpc) is 4.08. The predicted octanol–water partition coefficient (Wildman–Crippen LogP) is 13.8. The minimum Gasteiger partial charge on any atom is -0.494 e. The van der Waals surface area contributed by atoms with Gasteiger partial charge in [-0.3, -0.25) is 0 Å². The molecule has 5 heterocycles. The maximum atomic E-state index is 6.28. The first-order valence-corrected chi connectivity index (χ1v) is 23.9. The van der Waals surface area contributed by atoms with Crippen LogP contribution in [0.5, 0.6) is 23.0 Å². The molecule has 4 aromatic carbocycles. The van der Waals surface area contributed by atoms with Crippen molar-refractivity contribution in [1.29, 1.82) is 0 Å². The maximum Gasteiger partial charge on any atom is 0.164 e. The van der Waals surface area contributed by atoms with E-state index in [1.807, 2.05) is 97.1 Å². The molecule has 0 amide bonds. The Kier molecular flexibility index (Phi) is 14.6. The number of aromatic amines is 2. The third-order valence-corrected chi connectivity index (χ3v) is 12.0. The van der Waals surface area contributed by atoms with E-state index in [2.05, 4.69) is 36.3 Å². The number of hydrogen-bond acceptors (Lipinski definition) is 10. The first kappa shape index (κ1) is 45.6. The molecule has 0 saturated carbocycles. The summed E-state index contributed by atoms with van der Waals surface area (Å²) in [7, 11) is 0. The number of allylic oxidation sites excluding steroid dienone is 4. The number of benzene rings is 4. The van der Waals surface area contributed by atoms with E-state index in [-0.39, 0.29) is 0 Å². The van der Waals surface area contributed by atoms with Gasteiger partial charge in [-0.2, -0.15) is 0 Å². The molecule has 8 bridgehead atoms. The van der Waals surface area contributed by atoms with Gasteiger partial charge in [-0.15, -0.1) is 26.3 Å². The van der Waals surface area contributed by atoms with E-state index in [4.69, 9.17) is 48.9 Å². The van der Waals surface area contributed by atoms with Crippen LogP contribution in [0.2, 0.25) is 0 Å². The van der Waals surface area contributed by atoms with Gasteiger partial charge in [-0.05, 0) is 150 Å². The van der Waals surface area contributed by atoms with Crippen LogP contribution in [0.3, 0.4) is 0 Å². The highest BCUT2D eigenvalue weighted by atomic mass is 16.5. The van der Waals surface area contributed by atoms with Gasteiger partial charge in [-0.1, -0.05) is 24.3 Å². The second kappa shape index (κ2) is 21.8. The second-order valence-corrected chi connectivity index (χ2v) is 17.0. The Morgan fingerprint density at radius 1 is 0.338 bits per heavy atom. The fourth-order valence-electron chi connectivity index (χ4n) is 8.39. The topological polar surface area (TPSA) is 146 Å². The highest BCUT2D eigenvalue weighted by Gasteiger charge is 2.24. The summed E-state index contributed by atoms with van der Waals surface area (Å²) in [5.41, 5.74) is 5.56. The second-order valence-electron chi connectivity index (χ2n) is 17.0. The van der Waals surface area contributed by atoms with Crippen molar-refractivity contribution in [2.75, 3.05) is 26.4 Å². The van der Waals surface area contributed by atoms with Gasteiger partial charge < -0.3 is 28.9 Å². The Morgan fingerprint density at radius 3 is 1.00 bits per heavy atom. The summed E-state index contributed by atoms with van der Waals surface area (Å²) < 4.78 is 25.1. The van der Waals surface area contributed by atoms with Crippen LogP contribution in [0, 0.1) is 0 Å². The molecular formula is C56H58N8O4. The zero-order valence-electron chi connectivity index (χ0n) is 38.7. The van der Waals surface area contributed by atoms with Gasteiger partial charge in [0.15, 0.2) is 23.3 Å². The van der Waals surface area contributed by atoms with Gasteiger partial charge in [0.25, 0.3) is 0 Å². The van der Waals surface area contributed by atoms with Crippen molar-refractivity contribution >= 4 is 44.1 Å². The molecular weight excluding hydrogens is 849 g/mol. The third kappa shape index (κ3) is 10.3. The zero-order chi connectivity index (χ0) is 46.7. The molecule has 0 saturated heterocycles.